The lowest BCUT2D eigenvalue weighted by Gasteiger charge is -2.34. The van der Waals surface area contributed by atoms with Crippen LogP contribution in [0.2, 0.25) is 0 Å². The van der Waals surface area contributed by atoms with Gasteiger partial charge in [-0.05, 0) is 37.4 Å². The van der Waals surface area contributed by atoms with Crippen LogP contribution in [0, 0.1) is 0 Å². The molecule has 1 saturated heterocycles. The summed E-state index contributed by atoms with van der Waals surface area (Å²) in [4.78, 5) is 13.4. The molecule has 0 radical (unpaired) electrons. The summed E-state index contributed by atoms with van der Waals surface area (Å²) in [6.45, 7) is 5.67. The van der Waals surface area contributed by atoms with Crippen molar-refractivity contribution in [2.45, 2.75) is 0 Å². The number of anilines is 4. The van der Waals surface area contributed by atoms with E-state index >= 15 is 0 Å². The van der Waals surface area contributed by atoms with Gasteiger partial charge in [0.25, 0.3) is 0 Å². The van der Waals surface area contributed by atoms with Gasteiger partial charge in [0.15, 0.2) is 0 Å². The first kappa shape index (κ1) is 17.4. The zero-order chi connectivity index (χ0) is 17.5. The summed E-state index contributed by atoms with van der Waals surface area (Å²) in [5, 5.41) is 6.45. The molecule has 0 bridgehead atoms. The zero-order valence-corrected chi connectivity index (χ0v) is 14.9. The molecule has 134 valence electrons. The molecule has 3 rings (SSSR count). The molecule has 1 fully saturated rings. The van der Waals surface area contributed by atoms with Gasteiger partial charge in [0.2, 0.25) is 5.95 Å². The lowest BCUT2D eigenvalue weighted by molar-refractivity contribution is 0.210. The lowest BCUT2D eigenvalue weighted by atomic mass is 10.2. The molecule has 0 amide bonds. The van der Waals surface area contributed by atoms with Crippen molar-refractivity contribution >= 4 is 23.1 Å². The number of ether oxygens (including phenoxy) is 1. The van der Waals surface area contributed by atoms with Crippen molar-refractivity contribution in [2.75, 3.05) is 69.0 Å². The van der Waals surface area contributed by atoms with Gasteiger partial charge in [-0.2, -0.15) is 4.98 Å². The minimum atomic E-state index is 0.594. The van der Waals surface area contributed by atoms with E-state index in [0.29, 0.717) is 19.1 Å². The number of methoxy groups -OCH3 is 1. The smallest absolute Gasteiger partial charge is 0.224 e. The second kappa shape index (κ2) is 8.64. The van der Waals surface area contributed by atoms with Crippen LogP contribution in [-0.2, 0) is 4.74 Å². The van der Waals surface area contributed by atoms with Crippen molar-refractivity contribution < 1.29 is 4.74 Å². The third kappa shape index (κ3) is 5.04. The minimum absolute atomic E-state index is 0.594. The van der Waals surface area contributed by atoms with E-state index in [1.807, 2.05) is 6.07 Å². The molecule has 0 atom stereocenters. The van der Waals surface area contributed by atoms with E-state index in [4.69, 9.17) is 4.74 Å². The quantitative estimate of drug-likeness (QED) is 0.746. The molecular formula is C18H26N6O. The molecule has 2 heterocycles. The van der Waals surface area contributed by atoms with E-state index in [1.54, 1.807) is 13.3 Å². The highest BCUT2D eigenvalue weighted by atomic mass is 16.5. The molecule has 1 aromatic carbocycles. The van der Waals surface area contributed by atoms with Crippen LogP contribution < -0.4 is 15.5 Å². The Kier molecular flexibility index (Phi) is 6.03. The van der Waals surface area contributed by atoms with Gasteiger partial charge in [0.1, 0.15) is 5.82 Å². The van der Waals surface area contributed by atoms with Crippen LogP contribution in [0.4, 0.5) is 23.1 Å². The van der Waals surface area contributed by atoms with Crippen molar-refractivity contribution in [2.24, 2.45) is 0 Å². The summed E-state index contributed by atoms with van der Waals surface area (Å²) in [6.07, 6.45) is 1.74. The number of benzene rings is 1. The van der Waals surface area contributed by atoms with Gasteiger partial charge in [0.05, 0.1) is 6.61 Å². The molecule has 0 aliphatic carbocycles. The lowest BCUT2D eigenvalue weighted by Crippen LogP contribution is -2.44. The Labute approximate surface area is 149 Å². The molecule has 0 saturated carbocycles. The van der Waals surface area contributed by atoms with Gasteiger partial charge < -0.3 is 25.2 Å². The van der Waals surface area contributed by atoms with Crippen LogP contribution >= 0.6 is 0 Å². The normalized spacial score (nSPS) is 15.2. The zero-order valence-electron chi connectivity index (χ0n) is 14.9. The van der Waals surface area contributed by atoms with E-state index in [2.05, 4.69) is 61.7 Å². The molecule has 25 heavy (non-hydrogen) atoms. The summed E-state index contributed by atoms with van der Waals surface area (Å²) >= 11 is 0. The molecule has 7 nitrogen and oxygen atoms in total. The molecule has 7 heteroatoms. The predicted octanol–water partition coefficient (Wildman–Crippen LogP) is 2.03. The molecule has 2 aromatic rings. The Balaban J connectivity index is 1.58. The van der Waals surface area contributed by atoms with Crippen molar-refractivity contribution in [3.63, 3.8) is 0 Å². The minimum Gasteiger partial charge on any atom is -0.383 e. The number of likely N-dealkylation sites (N-methyl/N-ethyl adjacent to an activating group) is 1. The first-order valence-electron chi connectivity index (χ1n) is 8.61. The molecule has 1 aliphatic rings. The van der Waals surface area contributed by atoms with Crippen molar-refractivity contribution in [1.29, 1.82) is 0 Å². The maximum atomic E-state index is 5.02. The van der Waals surface area contributed by atoms with E-state index in [0.717, 1.165) is 37.7 Å². The molecular weight excluding hydrogens is 316 g/mol. The first-order valence-corrected chi connectivity index (χ1v) is 8.61. The molecule has 1 aromatic heterocycles. The van der Waals surface area contributed by atoms with Gasteiger partial charge >= 0.3 is 0 Å². The third-order valence-electron chi connectivity index (χ3n) is 4.25. The fourth-order valence-corrected chi connectivity index (χ4v) is 2.75. The number of hydrogen-bond donors (Lipinski definition) is 2. The highest BCUT2D eigenvalue weighted by Gasteiger charge is 2.13. The highest BCUT2D eigenvalue weighted by molar-refractivity contribution is 5.61. The van der Waals surface area contributed by atoms with Crippen LogP contribution in [0.5, 0.6) is 0 Å². The van der Waals surface area contributed by atoms with Crippen molar-refractivity contribution in [1.82, 2.24) is 14.9 Å². The summed E-state index contributed by atoms with van der Waals surface area (Å²) in [7, 11) is 3.84. The molecule has 0 spiro atoms. The Hall–Kier alpha value is -2.38. The van der Waals surface area contributed by atoms with Gasteiger partial charge in [-0.1, -0.05) is 0 Å². The van der Waals surface area contributed by atoms with Crippen LogP contribution in [0.3, 0.4) is 0 Å². The second-order valence-corrected chi connectivity index (χ2v) is 6.15. The average Bonchev–Trinajstić information content (AvgIpc) is 2.64. The monoisotopic (exact) mass is 342 g/mol. The second-order valence-electron chi connectivity index (χ2n) is 6.15. The topological polar surface area (TPSA) is 65.6 Å². The summed E-state index contributed by atoms with van der Waals surface area (Å²) in [6, 6.07) is 10.4. The number of piperazine rings is 1. The Morgan fingerprint density at radius 1 is 1.08 bits per heavy atom. The van der Waals surface area contributed by atoms with Gasteiger partial charge in [-0.3, -0.25) is 0 Å². The highest BCUT2D eigenvalue weighted by Crippen LogP contribution is 2.21. The molecule has 1 aliphatic heterocycles. The molecule has 2 N–H and O–H groups in total. The number of rotatable bonds is 7. The van der Waals surface area contributed by atoms with Crippen molar-refractivity contribution in [3.8, 4) is 0 Å². The van der Waals surface area contributed by atoms with Gasteiger partial charge in [0, 0.05) is 57.4 Å². The SMILES string of the molecule is COCCNc1nccc(Nc2ccc(N3CCN(C)CC3)cc2)n1. The summed E-state index contributed by atoms with van der Waals surface area (Å²) in [5.74, 6) is 1.36. The van der Waals surface area contributed by atoms with Gasteiger partial charge in [-0.25, -0.2) is 4.98 Å². The molecule has 0 unspecified atom stereocenters. The van der Waals surface area contributed by atoms with E-state index in [1.165, 1.54) is 5.69 Å². The summed E-state index contributed by atoms with van der Waals surface area (Å²) < 4.78 is 5.02. The standard InChI is InChI=1S/C18H26N6O/c1-23-10-12-24(13-11-23)16-5-3-15(4-6-16)21-17-7-8-19-18(22-17)20-9-14-25-2/h3-8H,9-14H2,1-2H3,(H2,19,20,21,22). The van der Waals surface area contributed by atoms with E-state index < -0.39 is 0 Å². The largest absolute Gasteiger partial charge is 0.383 e. The van der Waals surface area contributed by atoms with Crippen LogP contribution in [-0.4, -0.2) is 68.4 Å². The number of nitrogens with zero attached hydrogens (tertiary/aromatic N) is 4. The van der Waals surface area contributed by atoms with Crippen LogP contribution in [0.15, 0.2) is 36.5 Å². The predicted molar refractivity (Wildman–Crippen MR) is 102 cm³/mol. The average molecular weight is 342 g/mol. The Morgan fingerprint density at radius 3 is 2.56 bits per heavy atom. The van der Waals surface area contributed by atoms with Gasteiger partial charge in [-0.15, -0.1) is 0 Å². The number of hydrogen-bond acceptors (Lipinski definition) is 7. The fourth-order valence-electron chi connectivity index (χ4n) is 2.75. The fraction of sp³-hybridized carbons (Fsp3) is 0.444. The summed E-state index contributed by atoms with van der Waals surface area (Å²) in [5.41, 5.74) is 2.28. The van der Waals surface area contributed by atoms with E-state index in [-0.39, 0.29) is 0 Å². The maximum absolute atomic E-state index is 5.02. The van der Waals surface area contributed by atoms with E-state index in [9.17, 15) is 0 Å². The van der Waals surface area contributed by atoms with Crippen molar-refractivity contribution in [3.05, 3.63) is 36.5 Å². The Bertz CT molecular complexity index is 655. The number of aromatic nitrogens is 2. The van der Waals surface area contributed by atoms with Crippen LogP contribution in [0.1, 0.15) is 0 Å². The van der Waals surface area contributed by atoms with Crippen LogP contribution in [0.25, 0.3) is 0 Å². The number of nitrogens with one attached hydrogen (secondary N) is 2. The Morgan fingerprint density at radius 2 is 1.84 bits per heavy atom. The first-order chi connectivity index (χ1) is 12.2. The third-order valence-corrected chi connectivity index (χ3v) is 4.25. The maximum Gasteiger partial charge on any atom is 0.224 e.